The van der Waals surface area contributed by atoms with E-state index in [0.29, 0.717) is 17.1 Å². The Morgan fingerprint density at radius 2 is 2.00 bits per heavy atom. The van der Waals surface area contributed by atoms with Crippen molar-refractivity contribution >= 4 is 5.78 Å². The molecule has 0 aromatic rings. The molecule has 0 radical (unpaired) electrons. The van der Waals surface area contributed by atoms with Gasteiger partial charge in [0.2, 0.25) is 0 Å². The summed E-state index contributed by atoms with van der Waals surface area (Å²) in [5, 5.41) is 0. The Labute approximate surface area is 81.9 Å². The standard InChI is InChI=1S/C12H22O/c1-5-9-8-10(12(2,3)4)6-7-11(9)13/h9-10H,5-8H2,1-4H3. The maximum absolute atomic E-state index is 11.5. The Balaban J connectivity index is 2.60. The molecule has 2 atom stereocenters. The first-order valence-electron chi connectivity index (χ1n) is 5.48. The lowest BCUT2D eigenvalue weighted by molar-refractivity contribution is -0.126. The lowest BCUT2D eigenvalue weighted by Gasteiger charge is -2.36. The van der Waals surface area contributed by atoms with Gasteiger partial charge in [0.25, 0.3) is 0 Å². The Hall–Kier alpha value is -0.330. The molecule has 76 valence electrons. The Morgan fingerprint density at radius 3 is 2.46 bits per heavy atom. The summed E-state index contributed by atoms with van der Waals surface area (Å²) in [5.74, 6) is 1.61. The normalized spacial score (nSPS) is 30.6. The predicted molar refractivity (Wildman–Crippen MR) is 55.6 cm³/mol. The minimum absolute atomic E-state index is 0.359. The monoisotopic (exact) mass is 182 g/mol. The molecule has 0 amide bonds. The third kappa shape index (κ3) is 2.55. The molecule has 1 heteroatoms. The van der Waals surface area contributed by atoms with Crippen molar-refractivity contribution in [3.05, 3.63) is 0 Å². The third-order valence-corrected chi connectivity index (χ3v) is 3.48. The molecule has 2 unspecified atom stereocenters. The van der Waals surface area contributed by atoms with E-state index in [-0.39, 0.29) is 0 Å². The fourth-order valence-corrected chi connectivity index (χ4v) is 2.29. The van der Waals surface area contributed by atoms with E-state index in [9.17, 15) is 4.79 Å². The number of hydrogen-bond acceptors (Lipinski definition) is 1. The Kier molecular flexibility index (Phi) is 3.15. The van der Waals surface area contributed by atoms with Crippen LogP contribution in [-0.4, -0.2) is 5.78 Å². The second-order valence-corrected chi connectivity index (χ2v) is 5.41. The highest BCUT2D eigenvalue weighted by atomic mass is 16.1. The number of carbonyl (C=O) groups excluding carboxylic acids is 1. The van der Waals surface area contributed by atoms with Crippen molar-refractivity contribution in [2.45, 2.75) is 53.4 Å². The summed E-state index contributed by atoms with van der Waals surface area (Å²) in [7, 11) is 0. The van der Waals surface area contributed by atoms with Crippen molar-refractivity contribution in [2.75, 3.05) is 0 Å². The van der Waals surface area contributed by atoms with Crippen LogP contribution in [0.5, 0.6) is 0 Å². The fourth-order valence-electron chi connectivity index (χ4n) is 2.29. The van der Waals surface area contributed by atoms with Crippen LogP contribution in [0.2, 0.25) is 0 Å². The van der Waals surface area contributed by atoms with Crippen molar-refractivity contribution in [1.29, 1.82) is 0 Å². The minimum Gasteiger partial charge on any atom is -0.299 e. The molecular formula is C12H22O. The van der Waals surface area contributed by atoms with E-state index in [2.05, 4.69) is 27.7 Å². The Morgan fingerprint density at radius 1 is 1.38 bits per heavy atom. The molecule has 13 heavy (non-hydrogen) atoms. The van der Waals surface area contributed by atoms with Gasteiger partial charge >= 0.3 is 0 Å². The fraction of sp³-hybridized carbons (Fsp3) is 0.917. The molecule has 0 bridgehead atoms. The van der Waals surface area contributed by atoms with Crippen molar-refractivity contribution < 1.29 is 4.79 Å². The zero-order valence-corrected chi connectivity index (χ0v) is 9.39. The van der Waals surface area contributed by atoms with Crippen LogP contribution in [0.1, 0.15) is 53.4 Å². The van der Waals surface area contributed by atoms with Crippen molar-refractivity contribution in [3.8, 4) is 0 Å². The van der Waals surface area contributed by atoms with Gasteiger partial charge in [-0.05, 0) is 30.6 Å². The molecule has 0 aliphatic heterocycles. The van der Waals surface area contributed by atoms with Crippen LogP contribution in [0.4, 0.5) is 0 Å². The van der Waals surface area contributed by atoms with E-state index in [4.69, 9.17) is 0 Å². The van der Waals surface area contributed by atoms with Crippen molar-refractivity contribution in [3.63, 3.8) is 0 Å². The summed E-state index contributed by atoms with van der Waals surface area (Å²) in [5.41, 5.74) is 0.383. The number of rotatable bonds is 1. The third-order valence-electron chi connectivity index (χ3n) is 3.48. The van der Waals surface area contributed by atoms with Crippen LogP contribution in [0.3, 0.4) is 0 Å². The highest BCUT2D eigenvalue weighted by Gasteiger charge is 2.33. The molecule has 0 heterocycles. The molecule has 0 N–H and O–H groups in total. The maximum atomic E-state index is 11.5. The van der Waals surface area contributed by atoms with Crippen LogP contribution in [-0.2, 0) is 4.79 Å². The van der Waals surface area contributed by atoms with E-state index in [1.807, 2.05) is 0 Å². The number of ketones is 1. The van der Waals surface area contributed by atoms with Crippen LogP contribution in [0, 0.1) is 17.3 Å². The smallest absolute Gasteiger partial charge is 0.135 e. The molecular weight excluding hydrogens is 160 g/mol. The summed E-state index contributed by atoms with van der Waals surface area (Å²) in [4.78, 5) is 11.5. The van der Waals surface area contributed by atoms with E-state index < -0.39 is 0 Å². The molecule has 1 saturated carbocycles. The summed E-state index contributed by atoms with van der Waals surface area (Å²) in [6, 6.07) is 0. The van der Waals surface area contributed by atoms with Gasteiger partial charge in [0, 0.05) is 12.3 Å². The molecule has 0 spiro atoms. The quantitative estimate of drug-likeness (QED) is 0.607. The molecule has 1 rings (SSSR count). The minimum atomic E-state index is 0.359. The van der Waals surface area contributed by atoms with Crippen LogP contribution in [0.15, 0.2) is 0 Å². The lowest BCUT2D eigenvalue weighted by Crippen LogP contribution is -2.31. The van der Waals surface area contributed by atoms with E-state index in [1.165, 1.54) is 0 Å². The molecule has 0 aromatic carbocycles. The van der Waals surface area contributed by atoms with Gasteiger partial charge in [-0.2, -0.15) is 0 Å². The second kappa shape index (κ2) is 3.81. The van der Waals surface area contributed by atoms with E-state index >= 15 is 0 Å². The summed E-state index contributed by atoms with van der Waals surface area (Å²) < 4.78 is 0. The predicted octanol–water partition coefficient (Wildman–Crippen LogP) is 3.43. The van der Waals surface area contributed by atoms with E-state index in [1.54, 1.807) is 0 Å². The summed E-state index contributed by atoms with van der Waals surface area (Å²) in [6.45, 7) is 9.01. The Bertz CT molecular complexity index is 188. The van der Waals surface area contributed by atoms with Crippen molar-refractivity contribution in [1.82, 2.24) is 0 Å². The molecule has 1 nitrogen and oxygen atoms in total. The van der Waals surface area contributed by atoms with Gasteiger partial charge in [-0.25, -0.2) is 0 Å². The average molecular weight is 182 g/mol. The molecule has 1 fully saturated rings. The molecule has 1 aliphatic carbocycles. The highest BCUT2D eigenvalue weighted by Crippen LogP contribution is 2.39. The van der Waals surface area contributed by atoms with E-state index in [0.717, 1.165) is 31.6 Å². The molecule has 0 saturated heterocycles. The van der Waals surface area contributed by atoms with Gasteiger partial charge in [0.1, 0.15) is 5.78 Å². The zero-order valence-electron chi connectivity index (χ0n) is 9.39. The average Bonchev–Trinajstić information content (AvgIpc) is 2.03. The largest absolute Gasteiger partial charge is 0.299 e. The SMILES string of the molecule is CCC1CC(C(C)(C)C)CCC1=O. The van der Waals surface area contributed by atoms with Gasteiger partial charge in [0.15, 0.2) is 0 Å². The lowest BCUT2D eigenvalue weighted by atomic mass is 9.68. The van der Waals surface area contributed by atoms with Crippen LogP contribution in [0.25, 0.3) is 0 Å². The van der Waals surface area contributed by atoms with Gasteiger partial charge < -0.3 is 0 Å². The van der Waals surface area contributed by atoms with Gasteiger partial charge in [-0.1, -0.05) is 27.7 Å². The summed E-state index contributed by atoms with van der Waals surface area (Å²) >= 11 is 0. The van der Waals surface area contributed by atoms with Gasteiger partial charge in [0.05, 0.1) is 0 Å². The highest BCUT2D eigenvalue weighted by molar-refractivity contribution is 5.81. The second-order valence-electron chi connectivity index (χ2n) is 5.41. The van der Waals surface area contributed by atoms with Gasteiger partial charge in [-0.15, -0.1) is 0 Å². The topological polar surface area (TPSA) is 17.1 Å². The molecule has 1 aliphatic rings. The first kappa shape index (κ1) is 10.7. The van der Waals surface area contributed by atoms with Crippen LogP contribution >= 0.6 is 0 Å². The van der Waals surface area contributed by atoms with Crippen molar-refractivity contribution in [2.24, 2.45) is 17.3 Å². The molecule has 0 aromatic heterocycles. The number of hydrogen-bond donors (Lipinski definition) is 0. The maximum Gasteiger partial charge on any atom is 0.135 e. The van der Waals surface area contributed by atoms with Gasteiger partial charge in [-0.3, -0.25) is 4.79 Å². The summed E-state index contributed by atoms with van der Waals surface area (Å²) in [6.07, 6.45) is 4.09. The van der Waals surface area contributed by atoms with Crippen LogP contribution < -0.4 is 0 Å². The zero-order chi connectivity index (χ0) is 10.1. The first-order valence-corrected chi connectivity index (χ1v) is 5.48. The number of Topliss-reactive ketones (excluding diaryl/α,β-unsaturated/α-hetero) is 1. The first-order chi connectivity index (χ1) is 5.95. The number of carbonyl (C=O) groups is 1.